The van der Waals surface area contributed by atoms with Crippen molar-refractivity contribution in [1.29, 1.82) is 0 Å². The summed E-state index contributed by atoms with van der Waals surface area (Å²) in [7, 11) is -1.90. The lowest BCUT2D eigenvalue weighted by atomic mass is 9.98. The maximum Gasteiger partial charge on any atom is 0.410 e. The van der Waals surface area contributed by atoms with E-state index < -0.39 is 15.6 Å². The van der Waals surface area contributed by atoms with Gasteiger partial charge in [0.1, 0.15) is 9.81 Å². The van der Waals surface area contributed by atoms with E-state index in [2.05, 4.69) is 15.9 Å². The number of piperidine rings is 1. The number of sulfonamides is 1. The smallest absolute Gasteiger partial charge is 0.410 e. The van der Waals surface area contributed by atoms with Gasteiger partial charge in [0.2, 0.25) is 0 Å². The Labute approximate surface area is 162 Å². The molecule has 1 atom stereocenters. The molecule has 9 heteroatoms. The summed E-state index contributed by atoms with van der Waals surface area (Å²) in [5, 5.41) is 0. The summed E-state index contributed by atoms with van der Waals surface area (Å²) in [6, 6.07) is 3.34. The zero-order chi connectivity index (χ0) is 18.8. The summed E-state index contributed by atoms with van der Waals surface area (Å²) in [5.41, 5.74) is -0.531. The summed E-state index contributed by atoms with van der Waals surface area (Å²) in [5.74, 6) is 0.101. The minimum Gasteiger partial charge on any atom is -0.444 e. The average molecular weight is 453 g/mol. The molecule has 0 aliphatic carbocycles. The Morgan fingerprint density at radius 3 is 2.68 bits per heavy atom. The van der Waals surface area contributed by atoms with Crippen molar-refractivity contribution in [2.45, 2.75) is 43.4 Å². The summed E-state index contributed by atoms with van der Waals surface area (Å²) in [6.07, 6.45) is 1.42. The van der Waals surface area contributed by atoms with Crippen LogP contribution in [0, 0.1) is 5.92 Å². The van der Waals surface area contributed by atoms with Crippen molar-refractivity contribution in [2.75, 3.05) is 26.7 Å². The highest BCUT2D eigenvalue weighted by molar-refractivity contribution is 9.11. The molecule has 0 unspecified atom stereocenters. The Balaban J connectivity index is 1.99. The first-order valence-corrected chi connectivity index (χ1v) is 11.2. The van der Waals surface area contributed by atoms with E-state index in [4.69, 9.17) is 4.74 Å². The van der Waals surface area contributed by atoms with Crippen LogP contribution in [0.2, 0.25) is 0 Å². The van der Waals surface area contributed by atoms with Crippen LogP contribution in [0.5, 0.6) is 0 Å². The van der Waals surface area contributed by atoms with Gasteiger partial charge in [0.25, 0.3) is 10.0 Å². The first kappa shape index (κ1) is 20.7. The molecule has 1 aromatic heterocycles. The molecular formula is C16H25BrN2O4S2. The molecule has 0 bridgehead atoms. The molecule has 25 heavy (non-hydrogen) atoms. The second-order valence-electron chi connectivity index (χ2n) is 7.28. The molecule has 0 aromatic carbocycles. The lowest BCUT2D eigenvalue weighted by Crippen LogP contribution is -2.45. The molecule has 0 N–H and O–H groups in total. The van der Waals surface area contributed by atoms with Gasteiger partial charge in [-0.2, -0.15) is 4.31 Å². The quantitative estimate of drug-likeness (QED) is 0.696. The molecule has 2 rings (SSSR count). The van der Waals surface area contributed by atoms with Crippen LogP contribution in [-0.4, -0.2) is 56.0 Å². The molecular weight excluding hydrogens is 428 g/mol. The average Bonchev–Trinajstić information content (AvgIpc) is 2.93. The molecule has 2 heterocycles. The zero-order valence-corrected chi connectivity index (χ0v) is 18.2. The van der Waals surface area contributed by atoms with Gasteiger partial charge in [-0.1, -0.05) is 0 Å². The number of carbonyl (C=O) groups excluding carboxylic acids is 1. The van der Waals surface area contributed by atoms with Crippen LogP contribution in [0.25, 0.3) is 0 Å². The normalized spacial score (nSPS) is 19.3. The van der Waals surface area contributed by atoms with Crippen LogP contribution in [0.3, 0.4) is 0 Å². The van der Waals surface area contributed by atoms with Gasteiger partial charge < -0.3 is 9.64 Å². The molecule has 142 valence electrons. The fourth-order valence-corrected chi connectivity index (χ4v) is 6.23. The van der Waals surface area contributed by atoms with E-state index in [1.807, 2.05) is 20.8 Å². The first-order chi connectivity index (χ1) is 11.5. The Hall–Kier alpha value is -0.640. The molecule has 0 radical (unpaired) electrons. The standard InChI is InChI=1S/C16H25BrN2O4S2/c1-16(2,3)23-15(20)19-9-5-6-12(11-19)10-18(4)25(21,22)14-8-7-13(17)24-14/h7-8,12H,5-6,9-11H2,1-4H3/t12-/m0/s1. The molecule has 1 aliphatic rings. The number of halogens is 1. The minimum absolute atomic E-state index is 0.101. The lowest BCUT2D eigenvalue weighted by molar-refractivity contribution is 0.0160. The fraction of sp³-hybridized carbons (Fsp3) is 0.688. The number of carbonyl (C=O) groups is 1. The van der Waals surface area contributed by atoms with E-state index >= 15 is 0 Å². The highest BCUT2D eigenvalue weighted by Gasteiger charge is 2.31. The number of ether oxygens (including phenoxy) is 1. The highest BCUT2D eigenvalue weighted by Crippen LogP contribution is 2.29. The monoisotopic (exact) mass is 452 g/mol. The van der Waals surface area contributed by atoms with E-state index in [0.29, 0.717) is 23.8 Å². The number of rotatable bonds is 4. The Morgan fingerprint density at radius 2 is 2.12 bits per heavy atom. The van der Waals surface area contributed by atoms with Gasteiger partial charge in [-0.25, -0.2) is 13.2 Å². The maximum absolute atomic E-state index is 12.6. The number of hydrogen-bond acceptors (Lipinski definition) is 5. The molecule has 1 saturated heterocycles. The molecule has 0 saturated carbocycles. The molecule has 1 fully saturated rings. The van der Waals surface area contributed by atoms with Crippen molar-refractivity contribution in [3.8, 4) is 0 Å². The Kier molecular flexibility index (Phi) is 6.56. The second-order valence-corrected chi connectivity index (χ2v) is 12.0. The first-order valence-electron chi connectivity index (χ1n) is 8.18. The highest BCUT2D eigenvalue weighted by atomic mass is 79.9. The third-order valence-corrected chi connectivity index (χ3v) is 7.81. The summed E-state index contributed by atoms with van der Waals surface area (Å²) in [4.78, 5) is 13.9. The van der Waals surface area contributed by atoms with Crippen molar-refractivity contribution >= 4 is 43.4 Å². The van der Waals surface area contributed by atoms with Crippen LogP contribution < -0.4 is 0 Å². The third kappa shape index (κ3) is 5.67. The van der Waals surface area contributed by atoms with Gasteiger partial charge in [0, 0.05) is 26.7 Å². The van der Waals surface area contributed by atoms with Gasteiger partial charge in [0.05, 0.1) is 3.79 Å². The predicted octanol–water partition coefficient (Wildman–Crippen LogP) is 3.78. The molecule has 1 aliphatic heterocycles. The van der Waals surface area contributed by atoms with E-state index in [-0.39, 0.29) is 12.0 Å². The summed E-state index contributed by atoms with van der Waals surface area (Å²) >= 11 is 4.50. The summed E-state index contributed by atoms with van der Waals surface area (Å²) in [6.45, 7) is 7.07. The van der Waals surface area contributed by atoms with Crippen LogP contribution in [0.15, 0.2) is 20.1 Å². The number of thiophene rings is 1. The largest absolute Gasteiger partial charge is 0.444 e. The molecule has 1 aromatic rings. The van der Waals surface area contributed by atoms with Crippen LogP contribution in [0.4, 0.5) is 4.79 Å². The van der Waals surface area contributed by atoms with Crippen molar-refractivity contribution in [3.63, 3.8) is 0 Å². The van der Waals surface area contributed by atoms with Crippen LogP contribution in [-0.2, 0) is 14.8 Å². The second kappa shape index (κ2) is 7.94. The van der Waals surface area contributed by atoms with Crippen molar-refractivity contribution in [2.24, 2.45) is 5.92 Å². The van der Waals surface area contributed by atoms with E-state index in [0.717, 1.165) is 16.6 Å². The van der Waals surface area contributed by atoms with Crippen LogP contribution in [0.1, 0.15) is 33.6 Å². The maximum atomic E-state index is 12.6. The van der Waals surface area contributed by atoms with Crippen molar-refractivity contribution in [3.05, 3.63) is 15.9 Å². The number of likely N-dealkylation sites (tertiary alicyclic amines) is 1. The van der Waals surface area contributed by atoms with E-state index in [1.54, 1.807) is 24.1 Å². The van der Waals surface area contributed by atoms with Crippen molar-refractivity contribution < 1.29 is 17.9 Å². The SMILES string of the molecule is CN(C[C@@H]1CCCN(C(=O)OC(C)(C)C)C1)S(=O)(=O)c1ccc(Br)s1. The lowest BCUT2D eigenvalue weighted by Gasteiger charge is -2.35. The van der Waals surface area contributed by atoms with Gasteiger partial charge in [-0.05, 0) is 67.6 Å². The summed E-state index contributed by atoms with van der Waals surface area (Å²) < 4.78 is 33.2. The molecule has 0 spiro atoms. The topological polar surface area (TPSA) is 66.9 Å². The minimum atomic E-state index is -3.50. The van der Waals surface area contributed by atoms with Gasteiger partial charge >= 0.3 is 6.09 Å². The van der Waals surface area contributed by atoms with Crippen LogP contribution >= 0.6 is 27.3 Å². The Bertz CT molecular complexity index is 712. The van der Waals surface area contributed by atoms with E-state index in [9.17, 15) is 13.2 Å². The Morgan fingerprint density at radius 1 is 1.44 bits per heavy atom. The van der Waals surface area contributed by atoms with Gasteiger partial charge in [-0.15, -0.1) is 11.3 Å². The number of hydrogen-bond donors (Lipinski definition) is 0. The zero-order valence-electron chi connectivity index (χ0n) is 15.0. The predicted molar refractivity (Wildman–Crippen MR) is 102 cm³/mol. The van der Waals surface area contributed by atoms with Gasteiger partial charge in [-0.3, -0.25) is 0 Å². The van der Waals surface area contributed by atoms with Gasteiger partial charge in [0.15, 0.2) is 0 Å². The number of nitrogens with zero attached hydrogens (tertiary/aromatic N) is 2. The molecule has 1 amide bonds. The van der Waals surface area contributed by atoms with E-state index in [1.165, 1.54) is 15.6 Å². The van der Waals surface area contributed by atoms with Crippen molar-refractivity contribution in [1.82, 2.24) is 9.21 Å². The molecule has 6 nitrogen and oxygen atoms in total. The fourth-order valence-electron chi connectivity index (χ4n) is 2.76. The third-order valence-electron chi connectivity index (χ3n) is 3.90. The number of amides is 1.